The predicted molar refractivity (Wildman–Crippen MR) is 76.4 cm³/mol. The highest BCUT2D eigenvalue weighted by Gasteiger charge is 2.19. The zero-order chi connectivity index (χ0) is 12.6. The van der Waals surface area contributed by atoms with Gasteiger partial charge in [-0.25, -0.2) is 0 Å². The number of benzene rings is 1. The van der Waals surface area contributed by atoms with Crippen LogP contribution in [0.1, 0.15) is 38.5 Å². The van der Waals surface area contributed by atoms with E-state index in [0.717, 1.165) is 29.8 Å². The minimum atomic E-state index is 0.735. The first-order valence-corrected chi connectivity index (χ1v) is 7.34. The zero-order valence-electron chi connectivity index (χ0n) is 10.8. The van der Waals surface area contributed by atoms with E-state index >= 15 is 0 Å². The lowest BCUT2D eigenvalue weighted by Gasteiger charge is -2.06. The van der Waals surface area contributed by atoms with Crippen molar-refractivity contribution in [2.45, 2.75) is 44.6 Å². The molecule has 0 aromatic heterocycles. The number of nitrogens with one attached hydrogen (secondary N) is 1. The maximum atomic E-state index is 5.89. The first-order valence-electron chi connectivity index (χ1n) is 6.96. The van der Waals surface area contributed by atoms with Crippen LogP contribution in [0.15, 0.2) is 24.3 Å². The van der Waals surface area contributed by atoms with Crippen LogP contribution in [0.2, 0.25) is 5.02 Å². The molecule has 0 bridgehead atoms. The molecule has 1 fully saturated rings. The molecule has 1 aliphatic rings. The smallest absolute Gasteiger partial charge is 0.120 e. The fourth-order valence-corrected chi connectivity index (χ4v) is 2.10. The van der Waals surface area contributed by atoms with Gasteiger partial charge in [-0.2, -0.15) is 0 Å². The summed E-state index contributed by atoms with van der Waals surface area (Å²) in [5.41, 5.74) is 0. The molecule has 2 nitrogen and oxygen atoms in total. The summed E-state index contributed by atoms with van der Waals surface area (Å²) in [5, 5.41) is 4.27. The molecule has 3 heteroatoms. The van der Waals surface area contributed by atoms with Crippen LogP contribution >= 0.6 is 11.6 Å². The van der Waals surface area contributed by atoms with Crippen LogP contribution in [0.4, 0.5) is 0 Å². The van der Waals surface area contributed by atoms with E-state index in [0.29, 0.717) is 0 Å². The Labute approximate surface area is 115 Å². The van der Waals surface area contributed by atoms with Crippen LogP contribution in [-0.2, 0) is 0 Å². The van der Waals surface area contributed by atoms with Crippen molar-refractivity contribution < 1.29 is 4.74 Å². The van der Waals surface area contributed by atoms with Gasteiger partial charge in [-0.1, -0.05) is 30.5 Å². The molecule has 0 heterocycles. The quantitative estimate of drug-likeness (QED) is 0.682. The van der Waals surface area contributed by atoms with Crippen LogP contribution in [-0.4, -0.2) is 19.2 Å². The third kappa shape index (κ3) is 5.74. The second-order valence-corrected chi connectivity index (χ2v) is 5.38. The van der Waals surface area contributed by atoms with E-state index in [1.807, 2.05) is 24.3 Å². The summed E-state index contributed by atoms with van der Waals surface area (Å²) in [6.45, 7) is 1.97. The molecule has 1 aromatic rings. The van der Waals surface area contributed by atoms with Gasteiger partial charge in [-0.15, -0.1) is 0 Å². The fourth-order valence-electron chi connectivity index (χ4n) is 1.92. The molecule has 1 aliphatic carbocycles. The van der Waals surface area contributed by atoms with Crippen molar-refractivity contribution in [1.29, 1.82) is 0 Å². The average Bonchev–Trinajstić information content (AvgIpc) is 3.17. The van der Waals surface area contributed by atoms with Crippen molar-refractivity contribution in [3.8, 4) is 5.75 Å². The Kier molecular flexibility index (Phi) is 5.82. The SMILES string of the molecule is Clc1cccc(OCCCCCCNC2CC2)c1. The molecule has 1 aromatic carbocycles. The zero-order valence-corrected chi connectivity index (χ0v) is 11.6. The highest BCUT2D eigenvalue weighted by Crippen LogP contribution is 2.19. The van der Waals surface area contributed by atoms with Gasteiger partial charge in [0.2, 0.25) is 0 Å². The van der Waals surface area contributed by atoms with Crippen LogP contribution in [0.3, 0.4) is 0 Å². The van der Waals surface area contributed by atoms with Crippen molar-refractivity contribution in [1.82, 2.24) is 5.32 Å². The number of ether oxygens (including phenoxy) is 1. The molecule has 0 amide bonds. The second kappa shape index (κ2) is 7.65. The topological polar surface area (TPSA) is 21.3 Å². The summed E-state index contributed by atoms with van der Waals surface area (Å²) in [6.07, 6.45) is 7.70. The number of halogens is 1. The molecule has 1 N–H and O–H groups in total. The van der Waals surface area contributed by atoms with Crippen LogP contribution in [0, 0.1) is 0 Å². The summed E-state index contributed by atoms with van der Waals surface area (Å²) < 4.78 is 5.64. The number of rotatable bonds is 9. The van der Waals surface area contributed by atoms with Gasteiger partial charge < -0.3 is 10.1 Å². The normalized spacial score (nSPS) is 14.7. The Hall–Kier alpha value is -0.730. The number of hydrogen-bond donors (Lipinski definition) is 1. The highest BCUT2D eigenvalue weighted by atomic mass is 35.5. The van der Waals surface area contributed by atoms with Crippen molar-refractivity contribution in [3.63, 3.8) is 0 Å². The van der Waals surface area contributed by atoms with E-state index < -0.39 is 0 Å². The van der Waals surface area contributed by atoms with Crippen LogP contribution in [0.25, 0.3) is 0 Å². The molecule has 0 spiro atoms. The number of hydrogen-bond acceptors (Lipinski definition) is 2. The van der Waals surface area contributed by atoms with Gasteiger partial charge in [0, 0.05) is 11.1 Å². The van der Waals surface area contributed by atoms with Gasteiger partial charge in [0.15, 0.2) is 0 Å². The predicted octanol–water partition coefficient (Wildman–Crippen LogP) is 4.03. The largest absolute Gasteiger partial charge is 0.494 e. The second-order valence-electron chi connectivity index (χ2n) is 4.95. The number of unbranched alkanes of at least 4 members (excludes halogenated alkanes) is 3. The monoisotopic (exact) mass is 267 g/mol. The molecular weight excluding hydrogens is 246 g/mol. The van der Waals surface area contributed by atoms with Crippen molar-refractivity contribution in [2.24, 2.45) is 0 Å². The van der Waals surface area contributed by atoms with Gasteiger partial charge in [0.25, 0.3) is 0 Å². The third-order valence-electron chi connectivity index (χ3n) is 3.15. The van der Waals surface area contributed by atoms with E-state index in [1.54, 1.807) is 0 Å². The summed E-state index contributed by atoms with van der Waals surface area (Å²) >= 11 is 5.89. The lowest BCUT2D eigenvalue weighted by molar-refractivity contribution is 0.304. The Morgan fingerprint density at radius 3 is 2.78 bits per heavy atom. The van der Waals surface area contributed by atoms with Crippen LogP contribution < -0.4 is 10.1 Å². The molecule has 0 radical (unpaired) electrons. The lowest BCUT2D eigenvalue weighted by atomic mass is 10.2. The first-order chi connectivity index (χ1) is 8.84. The third-order valence-corrected chi connectivity index (χ3v) is 3.38. The first kappa shape index (κ1) is 13.7. The van der Waals surface area contributed by atoms with Gasteiger partial charge in [0.05, 0.1) is 6.61 Å². The van der Waals surface area contributed by atoms with E-state index in [2.05, 4.69) is 5.32 Å². The van der Waals surface area contributed by atoms with Crippen LogP contribution in [0.5, 0.6) is 5.75 Å². The summed E-state index contributed by atoms with van der Waals surface area (Å²) in [4.78, 5) is 0. The molecule has 2 rings (SSSR count). The van der Waals surface area contributed by atoms with Gasteiger partial charge >= 0.3 is 0 Å². The minimum absolute atomic E-state index is 0.735. The Morgan fingerprint density at radius 2 is 2.00 bits per heavy atom. The molecule has 18 heavy (non-hydrogen) atoms. The summed E-state index contributed by atoms with van der Waals surface area (Å²) in [7, 11) is 0. The molecule has 1 saturated carbocycles. The molecule has 0 aliphatic heterocycles. The molecular formula is C15H22ClNO. The molecule has 0 atom stereocenters. The van der Waals surface area contributed by atoms with E-state index in [-0.39, 0.29) is 0 Å². The van der Waals surface area contributed by atoms with E-state index in [9.17, 15) is 0 Å². The van der Waals surface area contributed by atoms with E-state index in [1.165, 1.54) is 38.6 Å². The Bertz CT molecular complexity index is 352. The van der Waals surface area contributed by atoms with Gasteiger partial charge in [-0.3, -0.25) is 0 Å². The van der Waals surface area contributed by atoms with Gasteiger partial charge in [0.1, 0.15) is 5.75 Å². The molecule has 0 unspecified atom stereocenters. The maximum Gasteiger partial charge on any atom is 0.120 e. The minimum Gasteiger partial charge on any atom is -0.494 e. The summed E-state index contributed by atoms with van der Waals surface area (Å²) in [6, 6.07) is 8.44. The highest BCUT2D eigenvalue weighted by molar-refractivity contribution is 6.30. The Balaban J connectivity index is 1.43. The maximum absolute atomic E-state index is 5.89. The van der Waals surface area contributed by atoms with Gasteiger partial charge in [-0.05, 0) is 50.4 Å². The Morgan fingerprint density at radius 1 is 1.17 bits per heavy atom. The fraction of sp³-hybridized carbons (Fsp3) is 0.600. The summed E-state index contributed by atoms with van der Waals surface area (Å²) in [5.74, 6) is 0.873. The van der Waals surface area contributed by atoms with Crippen molar-refractivity contribution in [2.75, 3.05) is 13.2 Å². The standard InChI is InChI=1S/C15H22ClNO/c16-13-6-5-7-15(12-13)18-11-4-2-1-3-10-17-14-8-9-14/h5-7,12,14,17H,1-4,8-11H2. The van der Waals surface area contributed by atoms with E-state index in [4.69, 9.17) is 16.3 Å². The molecule has 0 saturated heterocycles. The average molecular weight is 268 g/mol. The molecule has 100 valence electrons. The van der Waals surface area contributed by atoms with Crippen molar-refractivity contribution in [3.05, 3.63) is 29.3 Å². The van der Waals surface area contributed by atoms with Crippen molar-refractivity contribution >= 4 is 11.6 Å². The lowest BCUT2D eigenvalue weighted by Crippen LogP contribution is -2.17.